The van der Waals surface area contributed by atoms with Gasteiger partial charge in [-0.3, -0.25) is 24.6 Å². The summed E-state index contributed by atoms with van der Waals surface area (Å²) < 4.78 is 0. The van der Waals surface area contributed by atoms with E-state index in [1.807, 2.05) is 18.7 Å². The van der Waals surface area contributed by atoms with Gasteiger partial charge in [0.05, 0.1) is 4.92 Å². The van der Waals surface area contributed by atoms with Crippen LogP contribution in [0.15, 0.2) is 46.8 Å². The van der Waals surface area contributed by atoms with E-state index in [2.05, 4.69) is 10.2 Å². The second kappa shape index (κ2) is 10.6. The molecule has 0 bridgehead atoms. The first-order chi connectivity index (χ1) is 16.8. The van der Waals surface area contributed by atoms with Crippen molar-refractivity contribution in [3.05, 3.63) is 62.5 Å². The molecule has 1 saturated carbocycles. The number of aliphatic carboxylic acids is 1. The fourth-order valence-corrected chi connectivity index (χ4v) is 5.81. The average Bonchev–Trinajstić information content (AvgIpc) is 3.38. The summed E-state index contributed by atoms with van der Waals surface area (Å²) in [7, 11) is 0. The lowest BCUT2D eigenvalue weighted by molar-refractivity contribution is -0.384. The molecule has 2 fully saturated rings. The predicted octanol–water partition coefficient (Wildman–Crippen LogP) is 3.78. The lowest BCUT2D eigenvalue weighted by Gasteiger charge is -2.40. The van der Waals surface area contributed by atoms with Crippen LogP contribution in [0.3, 0.4) is 0 Å². The molecule has 1 saturated heterocycles. The monoisotopic (exact) mass is 482 g/mol. The van der Waals surface area contributed by atoms with Gasteiger partial charge < -0.3 is 15.3 Å². The summed E-state index contributed by atoms with van der Waals surface area (Å²) in [6.07, 6.45) is 5.18. The van der Waals surface area contributed by atoms with Crippen LogP contribution in [0.25, 0.3) is 0 Å². The largest absolute Gasteiger partial charge is 0.481 e. The number of nitro groups is 1. The van der Waals surface area contributed by atoms with E-state index >= 15 is 0 Å². The summed E-state index contributed by atoms with van der Waals surface area (Å²) in [6.45, 7) is 6.69. The van der Waals surface area contributed by atoms with Gasteiger partial charge in [-0.15, -0.1) is 0 Å². The molecule has 1 unspecified atom stereocenters. The predicted molar refractivity (Wildman–Crippen MR) is 132 cm³/mol. The van der Waals surface area contributed by atoms with Crippen LogP contribution in [0.4, 0.5) is 5.69 Å². The summed E-state index contributed by atoms with van der Waals surface area (Å²) in [6, 6.07) is 6.96. The number of non-ortho nitro benzene ring substituents is 1. The number of hydrogen-bond acceptors (Lipinski definition) is 6. The van der Waals surface area contributed by atoms with Crippen molar-refractivity contribution >= 4 is 17.6 Å². The number of hydrogen-bond donors (Lipinski definition) is 2. The van der Waals surface area contributed by atoms with Crippen molar-refractivity contribution in [2.24, 2.45) is 0 Å². The summed E-state index contributed by atoms with van der Waals surface area (Å²) in [5.41, 5.74) is 3.42. The van der Waals surface area contributed by atoms with Gasteiger partial charge >= 0.3 is 5.97 Å². The SMILES string of the molecule is CC1=C(CCC(=O)O)C(c2cccc([N+](=O)[O-])c2)C(C(=O)N2CCN(C3CCCC3)CC2)=C(C)N1. The maximum Gasteiger partial charge on any atom is 0.303 e. The number of amides is 1. The highest BCUT2D eigenvalue weighted by Crippen LogP contribution is 2.42. The molecule has 9 heteroatoms. The number of dihydropyridines is 1. The third-order valence-electron chi connectivity index (χ3n) is 7.59. The Balaban J connectivity index is 1.64. The number of piperazine rings is 1. The van der Waals surface area contributed by atoms with Gasteiger partial charge in [-0.2, -0.15) is 0 Å². The number of nitro benzene ring substituents is 1. The van der Waals surface area contributed by atoms with E-state index in [4.69, 9.17) is 0 Å². The first kappa shape index (κ1) is 24.9. The lowest BCUT2D eigenvalue weighted by Crippen LogP contribution is -2.52. The molecule has 1 aliphatic carbocycles. The number of rotatable bonds is 7. The minimum absolute atomic E-state index is 0.0501. The molecular formula is C26H34N4O5. The van der Waals surface area contributed by atoms with Crippen molar-refractivity contribution in [3.8, 4) is 0 Å². The molecular weight excluding hydrogens is 448 g/mol. The third-order valence-corrected chi connectivity index (χ3v) is 7.59. The Kier molecular flexibility index (Phi) is 7.54. The van der Waals surface area contributed by atoms with E-state index in [1.54, 1.807) is 12.1 Å². The van der Waals surface area contributed by atoms with Gasteiger partial charge in [0.2, 0.25) is 0 Å². The number of nitrogens with one attached hydrogen (secondary N) is 1. The van der Waals surface area contributed by atoms with E-state index in [-0.39, 0.29) is 24.4 Å². The Morgan fingerprint density at radius 2 is 1.80 bits per heavy atom. The molecule has 2 aliphatic heterocycles. The van der Waals surface area contributed by atoms with Crippen molar-refractivity contribution in [2.75, 3.05) is 26.2 Å². The Hall–Kier alpha value is -3.20. The molecule has 0 radical (unpaired) electrons. The van der Waals surface area contributed by atoms with Gasteiger partial charge in [-0.25, -0.2) is 0 Å². The van der Waals surface area contributed by atoms with Crippen molar-refractivity contribution in [3.63, 3.8) is 0 Å². The van der Waals surface area contributed by atoms with Crippen LogP contribution in [-0.2, 0) is 9.59 Å². The summed E-state index contributed by atoms with van der Waals surface area (Å²) in [5.74, 6) is -1.54. The normalized spacial score (nSPS) is 21.9. The first-order valence-corrected chi connectivity index (χ1v) is 12.4. The molecule has 1 aromatic rings. The molecule has 3 aliphatic rings. The molecule has 2 heterocycles. The minimum Gasteiger partial charge on any atom is -0.481 e. The molecule has 0 aromatic heterocycles. The highest BCUT2D eigenvalue weighted by atomic mass is 16.6. The van der Waals surface area contributed by atoms with E-state index in [0.29, 0.717) is 36.0 Å². The van der Waals surface area contributed by atoms with Gasteiger partial charge in [0.15, 0.2) is 0 Å². The molecule has 188 valence electrons. The number of benzene rings is 1. The number of carboxylic acid groups (broad SMARTS) is 1. The quantitative estimate of drug-likeness (QED) is 0.449. The topological polar surface area (TPSA) is 116 Å². The third kappa shape index (κ3) is 5.40. The second-order valence-corrected chi connectivity index (χ2v) is 9.76. The van der Waals surface area contributed by atoms with Gasteiger partial charge in [0, 0.05) is 73.7 Å². The standard InChI is InChI=1S/C26H34N4O5/c1-17-22(10-11-23(31)32)25(19-6-5-9-21(16-19)30(34)35)24(18(2)27-17)26(33)29-14-12-28(13-15-29)20-7-3-4-8-20/h5-6,9,16,20,25,27H,3-4,7-8,10-15H2,1-2H3,(H,31,32). The Bertz CT molecular complexity index is 1070. The van der Waals surface area contributed by atoms with E-state index in [1.165, 1.54) is 37.8 Å². The number of carbonyl (C=O) groups is 2. The number of nitrogens with zero attached hydrogens (tertiary/aromatic N) is 3. The lowest BCUT2D eigenvalue weighted by atomic mass is 9.78. The van der Waals surface area contributed by atoms with Crippen molar-refractivity contribution < 1.29 is 19.6 Å². The molecule has 35 heavy (non-hydrogen) atoms. The summed E-state index contributed by atoms with van der Waals surface area (Å²) >= 11 is 0. The highest BCUT2D eigenvalue weighted by molar-refractivity contribution is 5.97. The van der Waals surface area contributed by atoms with Crippen LogP contribution in [0.1, 0.15) is 63.9 Å². The smallest absolute Gasteiger partial charge is 0.303 e. The molecule has 1 aromatic carbocycles. The van der Waals surface area contributed by atoms with Crippen LogP contribution < -0.4 is 5.32 Å². The van der Waals surface area contributed by atoms with Crippen LogP contribution in [0, 0.1) is 10.1 Å². The Morgan fingerprint density at radius 1 is 1.11 bits per heavy atom. The van der Waals surface area contributed by atoms with Crippen molar-refractivity contribution in [1.29, 1.82) is 0 Å². The number of carbonyl (C=O) groups excluding carboxylic acids is 1. The summed E-state index contributed by atoms with van der Waals surface area (Å²) in [5, 5.41) is 24.1. The fraction of sp³-hybridized carbons (Fsp3) is 0.538. The van der Waals surface area contributed by atoms with Gasteiger partial charge in [-0.1, -0.05) is 25.0 Å². The second-order valence-electron chi connectivity index (χ2n) is 9.76. The molecule has 4 rings (SSSR count). The van der Waals surface area contributed by atoms with Gasteiger partial charge in [-0.05, 0) is 44.2 Å². The fourth-order valence-electron chi connectivity index (χ4n) is 5.81. The molecule has 2 N–H and O–H groups in total. The Morgan fingerprint density at radius 3 is 2.43 bits per heavy atom. The van der Waals surface area contributed by atoms with Crippen molar-refractivity contribution in [2.45, 2.75) is 64.3 Å². The Labute approximate surface area is 205 Å². The maximum atomic E-state index is 13.9. The van der Waals surface area contributed by atoms with Crippen LogP contribution in [0.5, 0.6) is 0 Å². The number of carboxylic acids is 1. The number of allylic oxidation sites excluding steroid dienone is 3. The van der Waals surface area contributed by atoms with Crippen LogP contribution >= 0.6 is 0 Å². The zero-order chi connectivity index (χ0) is 25.1. The zero-order valence-electron chi connectivity index (χ0n) is 20.5. The minimum atomic E-state index is -0.926. The van der Waals surface area contributed by atoms with E-state index in [9.17, 15) is 24.8 Å². The zero-order valence-corrected chi connectivity index (χ0v) is 20.5. The average molecular weight is 483 g/mol. The van der Waals surface area contributed by atoms with Crippen LogP contribution in [-0.4, -0.2) is 63.9 Å². The molecule has 1 amide bonds. The molecule has 1 atom stereocenters. The summed E-state index contributed by atoms with van der Waals surface area (Å²) in [4.78, 5) is 40.7. The van der Waals surface area contributed by atoms with Crippen molar-refractivity contribution in [1.82, 2.24) is 15.1 Å². The van der Waals surface area contributed by atoms with E-state index in [0.717, 1.165) is 24.4 Å². The molecule has 9 nitrogen and oxygen atoms in total. The van der Waals surface area contributed by atoms with Gasteiger partial charge in [0.1, 0.15) is 0 Å². The van der Waals surface area contributed by atoms with Crippen LogP contribution in [0.2, 0.25) is 0 Å². The van der Waals surface area contributed by atoms with E-state index < -0.39 is 16.8 Å². The molecule has 0 spiro atoms. The van der Waals surface area contributed by atoms with Gasteiger partial charge in [0.25, 0.3) is 11.6 Å². The first-order valence-electron chi connectivity index (χ1n) is 12.4. The maximum absolute atomic E-state index is 13.9. The highest BCUT2D eigenvalue weighted by Gasteiger charge is 2.37.